The number of alkyl halides is 3. The van der Waals surface area contributed by atoms with Gasteiger partial charge in [-0.25, -0.2) is 13.2 Å². The Labute approximate surface area is 168 Å². The molecular weight excluding hydrogens is 433 g/mol. The summed E-state index contributed by atoms with van der Waals surface area (Å²) in [5.41, 5.74) is -1.02. The number of allylic oxidation sites excluding steroid dienone is 2. The zero-order valence-electron chi connectivity index (χ0n) is 14.8. The molecule has 1 heterocycles. The Morgan fingerprint density at radius 3 is 2.62 bits per heavy atom. The molecular formula is C18H14ClF3N2O4S. The van der Waals surface area contributed by atoms with Crippen LogP contribution in [-0.2, 0) is 15.2 Å². The number of fused-ring (bicyclic) bond motifs is 1. The van der Waals surface area contributed by atoms with Crippen LogP contribution in [0.4, 0.5) is 18.0 Å². The van der Waals surface area contributed by atoms with Gasteiger partial charge in [-0.3, -0.25) is 10.3 Å². The largest absolute Gasteiger partial charge is 0.418 e. The van der Waals surface area contributed by atoms with Crippen molar-refractivity contribution in [2.24, 2.45) is 0 Å². The van der Waals surface area contributed by atoms with Gasteiger partial charge in [0.2, 0.25) is 9.05 Å². The van der Waals surface area contributed by atoms with Crippen molar-refractivity contribution in [2.45, 2.75) is 24.3 Å². The molecule has 1 aliphatic rings. The molecule has 11 heteroatoms. The molecule has 1 N–H and O–H groups in total. The number of hydrogen-bond acceptors (Lipinski definition) is 5. The summed E-state index contributed by atoms with van der Waals surface area (Å²) in [5, 5.41) is 2.42. The van der Waals surface area contributed by atoms with Crippen LogP contribution in [0.2, 0.25) is 0 Å². The smallest absolute Gasteiger partial charge is 0.409 e. The Bertz CT molecular complexity index is 1150. The molecule has 29 heavy (non-hydrogen) atoms. The molecule has 1 aliphatic carbocycles. The summed E-state index contributed by atoms with van der Waals surface area (Å²) in [4.78, 5) is 15.9. The Morgan fingerprint density at radius 2 is 2.03 bits per heavy atom. The quantitative estimate of drug-likeness (QED) is 0.701. The summed E-state index contributed by atoms with van der Waals surface area (Å²) in [6.07, 6.45) is -0.286. The van der Waals surface area contributed by atoms with E-state index < -0.39 is 31.6 Å². The topological polar surface area (TPSA) is 85.4 Å². The van der Waals surface area contributed by atoms with Crippen molar-refractivity contribution in [3.63, 3.8) is 0 Å². The molecule has 1 aromatic heterocycles. The maximum absolute atomic E-state index is 13.1. The highest BCUT2D eigenvalue weighted by molar-refractivity contribution is 8.15. The van der Waals surface area contributed by atoms with Crippen LogP contribution in [-0.4, -0.2) is 24.2 Å². The first-order valence-corrected chi connectivity index (χ1v) is 10.5. The third-order valence-corrected chi connectivity index (χ3v) is 6.86. The zero-order valence-corrected chi connectivity index (χ0v) is 16.4. The average molecular weight is 447 g/mol. The number of ether oxygens (including phenoxy) is 1. The maximum atomic E-state index is 13.1. The van der Waals surface area contributed by atoms with Crippen molar-refractivity contribution in [3.05, 3.63) is 60.0 Å². The van der Waals surface area contributed by atoms with Gasteiger partial charge in [-0.15, -0.1) is 0 Å². The number of nitrogens with one attached hydrogen (secondary N) is 1. The van der Waals surface area contributed by atoms with Gasteiger partial charge in [0.1, 0.15) is 10.5 Å². The maximum Gasteiger partial charge on any atom is 0.418 e. The van der Waals surface area contributed by atoms with Gasteiger partial charge in [0.25, 0.3) is 0 Å². The number of hydrogen-bond donors (Lipinski definition) is 1. The fourth-order valence-corrected chi connectivity index (χ4v) is 3.56. The summed E-state index contributed by atoms with van der Waals surface area (Å²) >= 11 is 0. The number of amides is 1. The van der Waals surface area contributed by atoms with E-state index in [1.165, 1.54) is 43.4 Å². The molecule has 0 saturated carbocycles. The molecule has 0 bridgehead atoms. The molecule has 0 saturated heterocycles. The molecule has 6 nitrogen and oxygen atoms in total. The number of rotatable bonds is 3. The molecule has 1 amide bonds. The molecule has 1 unspecified atom stereocenters. The summed E-state index contributed by atoms with van der Waals surface area (Å²) in [6, 6.07) is 4.71. The van der Waals surface area contributed by atoms with Crippen molar-refractivity contribution in [2.75, 3.05) is 0 Å². The number of carbonyl (C=O) groups excluding carboxylic acids is 1. The molecule has 0 spiro atoms. The van der Waals surface area contributed by atoms with E-state index in [4.69, 9.17) is 15.4 Å². The number of benzene rings is 1. The molecule has 0 radical (unpaired) electrons. The Morgan fingerprint density at radius 1 is 1.31 bits per heavy atom. The van der Waals surface area contributed by atoms with E-state index in [0.717, 1.165) is 12.3 Å². The van der Waals surface area contributed by atoms with Gasteiger partial charge in [-0.05, 0) is 37.6 Å². The molecule has 154 valence electrons. The zero-order chi connectivity index (χ0) is 21.4. The molecule has 1 atom stereocenters. The normalized spacial score (nSPS) is 19.7. The van der Waals surface area contributed by atoms with Crippen molar-refractivity contribution < 1.29 is 31.1 Å². The fraction of sp³-hybridized carbons (Fsp3) is 0.222. The van der Waals surface area contributed by atoms with E-state index in [2.05, 4.69) is 10.3 Å². The average Bonchev–Trinajstić information content (AvgIpc) is 2.62. The van der Waals surface area contributed by atoms with Crippen LogP contribution >= 0.6 is 10.7 Å². The van der Waals surface area contributed by atoms with Crippen LogP contribution in [0.5, 0.6) is 5.75 Å². The predicted octanol–water partition coefficient (Wildman–Crippen LogP) is 4.51. The van der Waals surface area contributed by atoms with Crippen LogP contribution in [0.3, 0.4) is 0 Å². The minimum atomic E-state index is -4.61. The standard InChI is InChI=1S/C18H14ClF3N2O4S/c1-17(29(19,26)27)8-5-11(6-9-17)24-16(25)28-14-7-10-23-15-12(14)3-2-4-13(15)18(20,21)22/h2-8,10H,9H2,1H3,(H,24,25). The minimum absolute atomic E-state index is 0.0199. The first-order chi connectivity index (χ1) is 13.4. The Hall–Kier alpha value is -2.59. The summed E-state index contributed by atoms with van der Waals surface area (Å²) < 4.78 is 66.4. The lowest BCUT2D eigenvalue weighted by Gasteiger charge is -2.24. The van der Waals surface area contributed by atoms with Crippen LogP contribution in [0.25, 0.3) is 10.9 Å². The third-order valence-electron chi connectivity index (χ3n) is 4.39. The first kappa shape index (κ1) is 21.1. The van der Waals surface area contributed by atoms with Gasteiger partial charge in [-0.2, -0.15) is 13.2 Å². The number of halogens is 4. The highest BCUT2D eigenvalue weighted by Crippen LogP contribution is 2.36. The summed E-state index contributed by atoms with van der Waals surface area (Å²) in [5.74, 6) is -0.104. The predicted molar refractivity (Wildman–Crippen MR) is 101 cm³/mol. The van der Waals surface area contributed by atoms with E-state index >= 15 is 0 Å². The second kappa shape index (κ2) is 7.34. The van der Waals surface area contributed by atoms with E-state index in [1.54, 1.807) is 0 Å². The van der Waals surface area contributed by atoms with Gasteiger partial charge in [0, 0.05) is 28.0 Å². The van der Waals surface area contributed by atoms with Crippen LogP contribution in [0, 0.1) is 0 Å². The molecule has 3 rings (SSSR count). The lowest BCUT2D eigenvalue weighted by molar-refractivity contribution is -0.136. The van der Waals surface area contributed by atoms with Crippen LogP contribution < -0.4 is 10.1 Å². The van der Waals surface area contributed by atoms with Crippen molar-refractivity contribution in [1.29, 1.82) is 0 Å². The highest BCUT2D eigenvalue weighted by Gasteiger charge is 2.36. The number of para-hydroxylation sites is 1. The van der Waals surface area contributed by atoms with Gasteiger partial charge in [0.15, 0.2) is 0 Å². The molecule has 0 aliphatic heterocycles. The van der Waals surface area contributed by atoms with E-state index in [9.17, 15) is 26.4 Å². The first-order valence-electron chi connectivity index (χ1n) is 8.18. The molecule has 2 aromatic rings. The second-order valence-electron chi connectivity index (χ2n) is 6.47. The third kappa shape index (κ3) is 4.38. The van der Waals surface area contributed by atoms with E-state index in [0.29, 0.717) is 0 Å². The number of aromatic nitrogens is 1. The van der Waals surface area contributed by atoms with E-state index in [1.807, 2.05) is 0 Å². The lowest BCUT2D eigenvalue weighted by Crippen LogP contribution is -2.33. The lowest BCUT2D eigenvalue weighted by atomic mass is 10.0. The summed E-state index contributed by atoms with van der Waals surface area (Å²) in [6.45, 7) is 1.43. The SMILES string of the molecule is CC1(S(=O)(=O)Cl)C=CC(NC(=O)Oc2ccnc3c(C(F)(F)F)cccc23)=CC1. The number of carbonyl (C=O) groups is 1. The number of pyridine rings is 1. The van der Waals surface area contributed by atoms with Gasteiger partial charge >= 0.3 is 12.3 Å². The Balaban J connectivity index is 1.79. The van der Waals surface area contributed by atoms with Gasteiger partial charge < -0.3 is 4.74 Å². The van der Waals surface area contributed by atoms with Crippen LogP contribution in [0.1, 0.15) is 18.9 Å². The highest BCUT2D eigenvalue weighted by atomic mass is 35.7. The summed E-state index contributed by atoms with van der Waals surface area (Å²) in [7, 11) is 1.54. The molecule has 1 aromatic carbocycles. The molecule has 0 fully saturated rings. The van der Waals surface area contributed by atoms with Crippen molar-refractivity contribution in [1.82, 2.24) is 10.3 Å². The van der Waals surface area contributed by atoms with Gasteiger partial charge in [0.05, 0.1) is 11.1 Å². The second-order valence-corrected chi connectivity index (χ2v) is 9.50. The van der Waals surface area contributed by atoms with Crippen molar-refractivity contribution in [3.8, 4) is 5.75 Å². The minimum Gasteiger partial charge on any atom is -0.409 e. The van der Waals surface area contributed by atoms with Crippen molar-refractivity contribution >= 4 is 36.7 Å². The Kier molecular flexibility index (Phi) is 5.35. The fourth-order valence-electron chi connectivity index (χ4n) is 2.70. The monoisotopic (exact) mass is 446 g/mol. The van der Waals surface area contributed by atoms with E-state index in [-0.39, 0.29) is 28.8 Å². The number of nitrogens with zero attached hydrogens (tertiary/aromatic N) is 1. The van der Waals surface area contributed by atoms with Gasteiger partial charge in [-0.1, -0.05) is 18.2 Å². The van der Waals surface area contributed by atoms with Crippen LogP contribution in [0.15, 0.2) is 54.4 Å².